The van der Waals surface area contributed by atoms with Crippen molar-refractivity contribution in [2.75, 3.05) is 22.9 Å². The molecule has 0 radical (unpaired) electrons. The Labute approximate surface area is 204 Å². The first-order valence-electron chi connectivity index (χ1n) is 11.1. The number of aromatic nitrogens is 1. The van der Waals surface area contributed by atoms with Gasteiger partial charge in [-0.05, 0) is 72.3 Å². The van der Waals surface area contributed by atoms with Crippen molar-refractivity contribution in [1.29, 1.82) is 0 Å². The van der Waals surface area contributed by atoms with Gasteiger partial charge in [0.25, 0.3) is 0 Å². The van der Waals surface area contributed by atoms with Crippen LogP contribution in [0, 0.1) is 11.8 Å². The van der Waals surface area contributed by atoms with E-state index in [9.17, 15) is 0 Å². The quantitative estimate of drug-likeness (QED) is 0.431. The van der Waals surface area contributed by atoms with Gasteiger partial charge in [0, 0.05) is 29.9 Å². The van der Waals surface area contributed by atoms with E-state index in [-0.39, 0.29) is 12.1 Å². The van der Waals surface area contributed by atoms with Crippen LogP contribution in [0.15, 0.2) is 60.1 Å². The smallest absolute Gasteiger partial charge is 0.174 e. The highest BCUT2D eigenvalue weighted by Gasteiger charge is 2.41. The van der Waals surface area contributed by atoms with Gasteiger partial charge in [0.15, 0.2) is 5.11 Å². The van der Waals surface area contributed by atoms with Crippen molar-refractivity contribution < 1.29 is 0 Å². The van der Waals surface area contributed by atoms with Crippen LogP contribution in [0.4, 0.5) is 11.4 Å². The third kappa shape index (κ3) is 4.12. The summed E-state index contributed by atoms with van der Waals surface area (Å²) in [6.07, 6.45) is 3.11. The molecule has 32 heavy (non-hydrogen) atoms. The Morgan fingerprint density at radius 3 is 2.56 bits per heavy atom. The summed E-state index contributed by atoms with van der Waals surface area (Å²) in [5.74, 6) is 1.35. The van der Waals surface area contributed by atoms with Crippen molar-refractivity contribution in [3.05, 3.63) is 75.7 Å². The number of benzene rings is 1. The number of nitrogens with zero attached hydrogens (tertiary/aromatic N) is 3. The van der Waals surface area contributed by atoms with Crippen molar-refractivity contribution >= 4 is 51.6 Å². The molecule has 1 N–H and O–H groups in total. The first-order chi connectivity index (χ1) is 15.5. The van der Waals surface area contributed by atoms with Gasteiger partial charge in [-0.2, -0.15) is 0 Å². The summed E-state index contributed by atoms with van der Waals surface area (Å²) in [4.78, 5) is 10.5. The summed E-state index contributed by atoms with van der Waals surface area (Å²) in [6.45, 7) is 6.74. The third-order valence-electron chi connectivity index (χ3n) is 6.35. The molecule has 4 heterocycles. The fourth-order valence-corrected chi connectivity index (χ4v) is 6.64. The minimum atomic E-state index is -0.0235. The number of nitrogens with one attached hydrogen (secondary N) is 1. The Bertz CT molecular complexity index is 1080. The molecule has 0 saturated carbocycles. The summed E-state index contributed by atoms with van der Waals surface area (Å²) < 4.78 is 0. The van der Waals surface area contributed by atoms with E-state index in [0.29, 0.717) is 16.9 Å². The molecule has 0 amide bonds. The summed E-state index contributed by atoms with van der Waals surface area (Å²) in [5, 5.41) is 7.10. The molecule has 0 unspecified atom stereocenters. The number of pyridine rings is 1. The minimum absolute atomic E-state index is 0.0225. The summed E-state index contributed by atoms with van der Waals surface area (Å²) in [5.41, 5.74) is 3.10. The van der Waals surface area contributed by atoms with Crippen LogP contribution in [0.3, 0.4) is 0 Å². The number of thiophene rings is 1. The first-order valence-corrected chi connectivity index (χ1v) is 12.8. The van der Waals surface area contributed by atoms with Crippen LogP contribution < -0.4 is 15.1 Å². The van der Waals surface area contributed by atoms with Crippen LogP contribution >= 0.6 is 35.2 Å². The predicted octanol–water partition coefficient (Wildman–Crippen LogP) is 6.46. The fourth-order valence-electron chi connectivity index (χ4n) is 5.14. The van der Waals surface area contributed by atoms with Crippen LogP contribution in [0.2, 0.25) is 5.02 Å². The second-order valence-corrected chi connectivity index (χ2v) is 10.8. The number of hydrogen-bond donors (Lipinski definition) is 1. The van der Waals surface area contributed by atoms with E-state index in [1.165, 1.54) is 11.3 Å². The molecule has 166 valence electrons. The summed E-state index contributed by atoms with van der Waals surface area (Å²) in [7, 11) is 0. The van der Waals surface area contributed by atoms with Crippen molar-refractivity contribution in [2.45, 2.75) is 32.4 Å². The standard InChI is InChI=1S/C25H27ClN4S2/c1-16-12-17(2)15-29(14-16)21-9-8-18(13-19(21)26)30-24(22-7-5-11-32-22)23(28-25(30)31)20-6-3-4-10-27-20/h3-11,13,16-17,23-24H,12,14-15H2,1-2H3,(H,28,31)/t16-,17-,23-,24-/m0/s1. The molecule has 4 nitrogen and oxygen atoms in total. The van der Waals surface area contributed by atoms with E-state index < -0.39 is 0 Å². The molecule has 3 aromatic rings. The number of anilines is 2. The van der Waals surface area contributed by atoms with Gasteiger partial charge in [-0.3, -0.25) is 4.98 Å². The molecule has 0 bridgehead atoms. The Morgan fingerprint density at radius 2 is 1.91 bits per heavy atom. The second-order valence-electron chi connectivity index (χ2n) is 9.00. The highest BCUT2D eigenvalue weighted by molar-refractivity contribution is 7.80. The van der Waals surface area contributed by atoms with Gasteiger partial charge >= 0.3 is 0 Å². The van der Waals surface area contributed by atoms with Gasteiger partial charge in [-0.15, -0.1) is 11.3 Å². The van der Waals surface area contributed by atoms with Gasteiger partial charge in [-0.25, -0.2) is 0 Å². The number of thiocarbonyl (C=S) groups is 1. The molecule has 2 aliphatic rings. The van der Waals surface area contributed by atoms with Gasteiger partial charge in [-0.1, -0.05) is 37.6 Å². The molecule has 2 aromatic heterocycles. The van der Waals surface area contributed by atoms with E-state index in [2.05, 4.69) is 75.7 Å². The van der Waals surface area contributed by atoms with Gasteiger partial charge < -0.3 is 15.1 Å². The zero-order chi connectivity index (χ0) is 22.2. The molecule has 0 spiro atoms. The lowest BCUT2D eigenvalue weighted by atomic mass is 9.91. The van der Waals surface area contributed by atoms with Gasteiger partial charge in [0.05, 0.1) is 28.5 Å². The molecule has 2 fully saturated rings. The first kappa shape index (κ1) is 21.7. The lowest BCUT2D eigenvalue weighted by Crippen LogP contribution is -2.38. The van der Waals surface area contributed by atoms with Crippen molar-refractivity contribution in [1.82, 2.24) is 10.3 Å². The number of rotatable bonds is 4. The zero-order valence-corrected chi connectivity index (χ0v) is 20.6. The van der Waals surface area contributed by atoms with E-state index in [1.807, 2.05) is 18.3 Å². The van der Waals surface area contributed by atoms with E-state index in [4.69, 9.17) is 23.8 Å². The molecular formula is C25H27ClN4S2. The molecule has 2 aliphatic heterocycles. The average molecular weight is 483 g/mol. The average Bonchev–Trinajstić information content (AvgIpc) is 3.41. The second kappa shape index (κ2) is 9.00. The van der Waals surface area contributed by atoms with Crippen molar-refractivity contribution in [2.24, 2.45) is 11.8 Å². The van der Waals surface area contributed by atoms with Gasteiger partial charge in [0.2, 0.25) is 0 Å². The maximum atomic E-state index is 6.87. The highest BCUT2D eigenvalue weighted by Crippen LogP contribution is 2.44. The van der Waals surface area contributed by atoms with Gasteiger partial charge in [0.1, 0.15) is 0 Å². The third-order valence-corrected chi connectivity index (χ3v) is 7.91. The largest absolute Gasteiger partial charge is 0.370 e. The maximum absolute atomic E-state index is 6.87. The van der Waals surface area contributed by atoms with Crippen molar-refractivity contribution in [3.8, 4) is 0 Å². The molecule has 5 rings (SSSR count). The summed E-state index contributed by atoms with van der Waals surface area (Å²) >= 11 is 14.4. The Morgan fingerprint density at radius 1 is 1.09 bits per heavy atom. The molecule has 1 aromatic carbocycles. The Balaban J connectivity index is 1.50. The van der Waals surface area contributed by atoms with E-state index in [0.717, 1.165) is 35.2 Å². The molecule has 0 aliphatic carbocycles. The van der Waals surface area contributed by atoms with Crippen molar-refractivity contribution in [3.63, 3.8) is 0 Å². The fraction of sp³-hybridized carbons (Fsp3) is 0.360. The minimum Gasteiger partial charge on any atom is -0.370 e. The SMILES string of the molecule is C[C@H]1C[C@H](C)CN(c2ccc(N3C(=S)N[C@@H](c4ccccn4)[C@@H]3c3cccs3)cc2Cl)C1. The topological polar surface area (TPSA) is 31.4 Å². The zero-order valence-electron chi connectivity index (χ0n) is 18.2. The molecule has 4 atom stereocenters. The maximum Gasteiger partial charge on any atom is 0.174 e. The molecule has 2 saturated heterocycles. The number of hydrogen-bond acceptors (Lipinski definition) is 4. The number of halogens is 1. The van der Waals surface area contributed by atoms with Crippen LogP contribution in [0.1, 0.15) is 42.9 Å². The van der Waals surface area contributed by atoms with E-state index >= 15 is 0 Å². The molecular weight excluding hydrogens is 456 g/mol. The summed E-state index contributed by atoms with van der Waals surface area (Å²) in [6, 6.07) is 16.6. The van der Waals surface area contributed by atoms with Crippen LogP contribution in [0.5, 0.6) is 0 Å². The lowest BCUT2D eigenvalue weighted by Gasteiger charge is -2.37. The molecule has 7 heteroatoms. The lowest BCUT2D eigenvalue weighted by molar-refractivity contribution is 0.357. The van der Waals surface area contributed by atoms with Crippen LogP contribution in [-0.4, -0.2) is 23.2 Å². The number of piperidine rings is 1. The van der Waals surface area contributed by atoms with Crippen LogP contribution in [-0.2, 0) is 0 Å². The monoisotopic (exact) mass is 482 g/mol. The Kier molecular flexibility index (Phi) is 6.10. The Hall–Kier alpha value is -2.15. The normalized spacial score (nSPS) is 25.8. The van der Waals surface area contributed by atoms with Crippen LogP contribution in [0.25, 0.3) is 0 Å². The van der Waals surface area contributed by atoms with E-state index in [1.54, 1.807) is 11.3 Å². The predicted molar refractivity (Wildman–Crippen MR) is 139 cm³/mol. The highest BCUT2D eigenvalue weighted by atomic mass is 35.5.